The third-order valence-electron chi connectivity index (χ3n) is 5.27. The number of hydrogen-bond acceptors (Lipinski definition) is 4. The van der Waals surface area contributed by atoms with E-state index < -0.39 is 36.6 Å². The van der Waals surface area contributed by atoms with E-state index in [-0.39, 0.29) is 17.0 Å². The smallest absolute Gasteiger partial charge is 0.270 e. The van der Waals surface area contributed by atoms with Crippen LogP contribution >= 0.6 is 0 Å². The summed E-state index contributed by atoms with van der Waals surface area (Å²) in [4.78, 5) is 17.4. The molecule has 6 nitrogen and oxygen atoms in total. The highest BCUT2D eigenvalue weighted by Crippen LogP contribution is 2.30. The minimum absolute atomic E-state index is 0.000648. The average molecular weight is 508 g/mol. The highest BCUT2D eigenvalue weighted by molar-refractivity contribution is 5.93. The van der Waals surface area contributed by atoms with E-state index in [9.17, 15) is 27.5 Å². The van der Waals surface area contributed by atoms with E-state index in [0.29, 0.717) is 22.4 Å². The molecule has 188 valence electrons. The van der Waals surface area contributed by atoms with Crippen molar-refractivity contribution in [1.29, 1.82) is 0 Å². The van der Waals surface area contributed by atoms with Gasteiger partial charge >= 0.3 is 0 Å². The second kappa shape index (κ2) is 11.0. The van der Waals surface area contributed by atoms with Crippen LogP contribution < -0.4 is 5.32 Å². The Balaban J connectivity index is 1.63. The molecule has 0 radical (unpaired) electrons. The van der Waals surface area contributed by atoms with Crippen molar-refractivity contribution in [2.24, 2.45) is 0 Å². The number of nitrogens with zero attached hydrogens (tertiary/aromatic N) is 3. The monoisotopic (exact) mass is 508 g/mol. The fourth-order valence-corrected chi connectivity index (χ4v) is 3.63. The molecule has 10 heteroatoms. The summed E-state index contributed by atoms with van der Waals surface area (Å²) in [5.74, 6) is 3.64. The van der Waals surface area contributed by atoms with Gasteiger partial charge in [-0.25, -0.2) is 22.5 Å². The first-order valence-electron chi connectivity index (χ1n) is 11.0. The lowest BCUT2D eigenvalue weighted by Crippen LogP contribution is -2.30. The van der Waals surface area contributed by atoms with Crippen LogP contribution in [0, 0.1) is 30.4 Å². The Bertz CT molecular complexity index is 1490. The standard InChI is InChI=1S/C27H20F4N4O2/c1-16-10-17(2-3-18-13-32-35(14-18)15-25(30)31)11-23(33-16)27(37)34-26(19-4-6-20(28)7-5-19)22-12-21(29)8-9-24(22)36/h4-14,25-26,36H,15H2,1H3,(H,34,37). The van der Waals surface area contributed by atoms with Gasteiger partial charge in [0.25, 0.3) is 12.3 Å². The first-order valence-corrected chi connectivity index (χ1v) is 11.0. The lowest BCUT2D eigenvalue weighted by atomic mass is 9.97. The van der Waals surface area contributed by atoms with Crippen LogP contribution in [0.2, 0.25) is 0 Å². The molecule has 0 fully saturated rings. The Labute approximate surface area is 209 Å². The zero-order valence-corrected chi connectivity index (χ0v) is 19.4. The van der Waals surface area contributed by atoms with Gasteiger partial charge < -0.3 is 10.4 Å². The van der Waals surface area contributed by atoms with Crippen LogP contribution in [0.3, 0.4) is 0 Å². The van der Waals surface area contributed by atoms with Crippen molar-refractivity contribution in [3.05, 3.63) is 112 Å². The van der Waals surface area contributed by atoms with Gasteiger partial charge in [0.2, 0.25) is 0 Å². The van der Waals surface area contributed by atoms with Crippen molar-refractivity contribution in [1.82, 2.24) is 20.1 Å². The van der Waals surface area contributed by atoms with Gasteiger partial charge in [-0.15, -0.1) is 0 Å². The number of nitrogens with one attached hydrogen (secondary N) is 1. The molecule has 1 atom stereocenters. The molecule has 4 rings (SSSR count). The Morgan fingerprint density at radius 2 is 1.73 bits per heavy atom. The molecule has 0 aliphatic heterocycles. The number of carbonyl (C=O) groups is 1. The first-order chi connectivity index (χ1) is 17.7. The maximum absolute atomic E-state index is 14.0. The maximum Gasteiger partial charge on any atom is 0.270 e. The minimum Gasteiger partial charge on any atom is -0.508 e. The predicted octanol–water partition coefficient (Wildman–Crippen LogP) is 4.75. The van der Waals surface area contributed by atoms with E-state index in [0.717, 1.165) is 22.9 Å². The molecule has 2 aromatic carbocycles. The largest absolute Gasteiger partial charge is 0.508 e. The van der Waals surface area contributed by atoms with E-state index in [2.05, 4.69) is 27.2 Å². The van der Waals surface area contributed by atoms with Gasteiger partial charge in [0.05, 0.1) is 17.8 Å². The third-order valence-corrected chi connectivity index (χ3v) is 5.27. The summed E-state index contributed by atoms with van der Waals surface area (Å²) in [6, 6.07) is 10.6. The quantitative estimate of drug-likeness (QED) is 0.291. The van der Waals surface area contributed by atoms with Crippen LogP contribution in [-0.2, 0) is 6.54 Å². The molecule has 0 aliphatic rings. The molecule has 37 heavy (non-hydrogen) atoms. The Hall–Kier alpha value is -4.65. The molecule has 0 saturated heterocycles. The summed E-state index contributed by atoms with van der Waals surface area (Å²) in [5.41, 5.74) is 1.82. The number of aromatic hydroxyl groups is 1. The Morgan fingerprint density at radius 3 is 2.46 bits per heavy atom. The first kappa shape index (κ1) is 25.4. The highest BCUT2D eigenvalue weighted by Gasteiger charge is 2.22. The van der Waals surface area contributed by atoms with Gasteiger partial charge in [0.15, 0.2) is 0 Å². The molecule has 2 aromatic heterocycles. The second-order valence-corrected chi connectivity index (χ2v) is 8.14. The van der Waals surface area contributed by atoms with Gasteiger partial charge in [0, 0.05) is 23.0 Å². The lowest BCUT2D eigenvalue weighted by molar-refractivity contribution is 0.0937. The van der Waals surface area contributed by atoms with Crippen LogP contribution in [0.25, 0.3) is 0 Å². The SMILES string of the molecule is Cc1cc(C#Cc2cnn(CC(F)F)c2)cc(C(=O)NC(c2ccc(F)cc2)c2cc(F)ccc2O)n1. The van der Waals surface area contributed by atoms with E-state index in [1.807, 2.05) is 0 Å². The predicted molar refractivity (Wildman–Crippen MR) is 127 cm³/mol. The summed E-state index contributed by atoms with van der Waals surface area (Å²) >= 11 is 0. The molecule has 2 N–H and O–H groups in total. The van der Waals surface area contributed by atoms with E-state index >= 15 is 0 Å². The van der Waals surface area contributed by atoms with Crippen molar-refractivity contribution in [2.75, 3.05) is 0 Å². The number of halogens is 4. The summed E-state index contributed by atoms with van der Waals surface area (Å²) in [7, 11) is 0. The molecule has 0 bridgehead atoms. The zero-order chi connectivity index (χ0) is 26.5. The fourth-order valence-electron chi connectivity index (χ4n) is 3.63. The van der Waals surface area contributed by atoms with Crippen molar-refractivity contribution in [3.8, 4) is 17.6 Å². The van der Waals surface area contributed by atoms with Crippen molar-refractivity contribution in [3.63, 3.8) is 0 Å². The minimum atomic E-state index is -2.54. The third kappa shape index (κ3) is 6.52. The molecular formula is C27H20F4N4O2. The molecule has 0 aliphatic carbocycles. The van der Waals surface area contributed by atoms with Gasteiger partial charge in [-0.3, -0.25) is 9.48 Å². The molecular weight excluding hydrogens is 488 g/mol. The Morgan fingerprint density at radius 1 is 1.03 bits per heavy atom. The van der Waals surface area contributed by atoms with Crippen LogP contribution in [0.4, 0.5) is 17.6 Å². The Kier molecular flexibility index (Phi) is 7.53. The number of phenols is 1. The van der Waals surface area contributed by atoms with Crippen LogP contribution in [0.1, 0.15) is 44.5 Å². The maximum atomic E-state index is 14.0. The number of alkyl halides is 2. The highest BCUT2D eigenvalue weighted by atomic mass is 19.3. The lowest BCUT2D eigenvalue weighted by Gasteiger charge is -2.21. The summed E-state index contributed by atoms with van der Waals surface area (Å²) in [5, 5.41) is 16.9. The normalized spacial score (nSPS) is 11.6. The number of pyridine rings is 1. The molecule has 2 heterocycles. The van der Waals surface area contributed by atoms with Crippen LogP contribution in [-0.4, -0.2) is 32.2 Å². The number of benzene rings is 2. The molecule has 1 amide bonds. The van der Waals surface area contributed by atoms with E-state index in [4.69, 9.17) is 0 Å². The number of aryl methyl sites for hydroxylation is 1. The zero-order valence-electron chi connectivity index (χ0n) is 19.4. The molecule has 0 spiro atoms. The number of hydrogen-bond donors (Lipinski definition) is 2. The number of amides is 1. The van der Waals surface area contributed by atoms with Gasteiger partial charge in [-0.2, -0.15) is 5.10 Å². The summed E-state index contributed by atoms with van der Waals surface area (Å²) in [6.07, 6.45) is 0.202. The summed E-state index contributed by atoms with van der Waals surface area (Å²) in [6.45, 7) is 1.12. The van der Waals surface area contributed by atoms with E-state index in [1.165, 1.54) is 42.7 Å². The van der Waals surface area contributed by atoms with Crippen molar-refractivity contribution in [2.45, 2.75) is 25.9 Å². The second-order valence-electron chi connectivity index (χ2n) is 8.14. The molecule has 0 saturated carbocycles. The van der Waals surface area contributed by atoms with Crippen molar-refractivity contribution >= 4 is 5.91 Å². The van der Waals surface area contributed by atoms with Crippen LogP contribution in [0.5, 0.6) is 5.75 Å². The number of rotatable bonds is 6. The van der Waals surface area contributed by atoms with Gasteiger partial charge in [-0.05, 0) is 55.0 Å². The van der Waals surface area contributed by atoms with Gasteiger partial charge in [0.1, 0.15) is 29.6 Å². The number of phenolic OH excluding ortho intramolecular Hbond substituents is 1. The van der Waals surface area contributed by atoms with E-state index in [1.54, 1.807) is 13.0 Å². The number of carbonyl (C=O) groups excluding carboxylic acids is 1. The molecule has 1 unspecified atom stereocenters. The molecule has 4 aromatic rings. The van der Waals surface area contributed by atoms with Crippen molar-refractivity contribution < 1.29 is 27.5 Å². The topological polar surface area (TPSA) is 80.0 Å². The summed E-state index contributed by atoms with van der Waals surface area (Å²) < 4.78 is 53.6. The number of aromatic nitrogens is 3. The fraction of sp³-hybridized carbons (Fsp3) is 0.148. The van der Waals surface area contributed by atoms with Crippen LogP contribution in [0.15, 0.2) is 67.0 Å². The average Bonchev–Trinajstić information content (AvgIpc) is 3.29. The van der Waals surface area contributed by atoms with Gasteiger partial charge in [-0.1, -0.05) is 24.0 Å².